The maximum atomic E-state index is 11.8. The number of nitrogens with one attached hydrogen (secondary N) is 1. The van der Waals surface area contributed by atoms with Crippen LogP contribution < -0.4 is 5.32 Å². The van der Waals surface area contributed by atoms with Gasteiger partial charge < -0.3 is 14.8 Å². The van der Waals surface area contributed by atoms with E-state index in [-0.39, 0.29) is 25.0 Å². The Morgan fingerprint density at radius 3 is 2.41 bits per heavy atom. The van der Waals surface area contributed by atoms with Gasteiger partial charge in [0.1, 0.15) is 18.2 Å². The molecule has 1 unspecified atom stereocenters. The van der Waals surface area contributed by atoms with Crippen LogP contribution in [0.3, 0.4) is 0 Å². The van der Waals surface area contributed by atoms with Crippen LogP contribution in [-0.2, 0) is 25.7 Å². The summed E-state index contributed by atoms with van der Waals surface area (Å²) in [5.74, 6) is -0.627. The van der Waals surface area contributed by atoms with E-state index in [0.29, 0.717) is 6.54 Å². The van der Waals surface area contributed by atoms with Crippen LogP contribution in [0.5, 0.6) is 0 Å². The van der Waals surface area contributed by atoms with Gasteiger partial charge in [0.05, 0.1) is 6.42 Å². The average molecular weight is 307 g/mol. The number of carbonyl (C=O) groups is 2. The minimum Gasteiger partial charge on any atom is -0.460 e. The summed E-state index contributed by atoms with van der Waals surface area (Å²) in [5, 5.41) is 2.96. The maximum absolute atomic E-state index is 11.8. The normalized spacial score (nSPS) is 12.5. The van der Waals surface area contributed by atoms with Crippen LogP contribution >= 0.6 is 0 Å². The number of rotatable bonds is 7. The second kappa shape index (κ2) is 8.54. The minimum atomic E-state index is -0.489. The van der Waals surface area contributed by atoms with Crippen LogP contribution in [0.4, 0.5) is 0 Å². The number of esters is 2. The molecule has 0 aliphatic heterocycles. The Bertz CT molecular complexity index is 479. The molecule has 0 fully saturated rings. The average Bonchev–Trinajstić information content (AvgIpc) is 2.43. The lowest BCUT2D eigenvalue weighted by Gasteiger charge is -2.20. The number of hydrogen-bond donors (Lipinski definition) is 1. The van der Waals surface area contributed by atoms with Gasteiger partial charge in [-0.1, -0.05) is 30.3 Å². The van der Waals surface area contributed by atoms with Gasteiger partial charge >= 0.3 is 11.9 Å². The summed E-state index contributed by atoms with van der Waals surface area (Å²) < 4.78 is 10.4. The Morgan fingerprint density at radius 2 is 1.82 bits per heavy atom. The van der Waals surface area contributed by atoms with Gasteiger partial charge in [-0.15, -0.1) is 0 Å². The van der Waals surface area contributed by atoms with Gasteiger partial charge in [-0.05, 0) is 33.3 Å². The van der Waals surface area contributed by atoms with Gasteiger partial charge in [0.2, 0.25) is 0 Å². The van der Waals surface area contributed by atoms with Crippen LogP contribution in [0.25, 0.3) is 0 Å². The highest BCUT2D eigenvalue weighted by molar-refractivity contribution is 5.75. The Labute approximate surface area is 132 Å². The molecule has 0 aliphatic rings. The summed E-state index contributed by atoms with van der Waals surface area (Å²) in [6.07, 6.45) is 0.216. The summed E-state index contributed by atoms with van der Waals surface area (Å²) in [6.45, 7) is 7.79. The summed E-state index contributed by atoms with van der Waals surface area (Å²) in [6, 6.07) is 9.02. The van der Waals surface area contributed by atoms with E-state index in [1.54, 1.807) is 6.92 Å². The Kier molecular flexibility index (Phi) is 7.05. The number of benzene rings is 1. The van der Waals surface area contributed by atoms with E-state index >= 15 is 0 Å². The predicted molar refractivity (Wildman–Crippen MR) is 84.2 cm³/mol. The molecule has 0 spiro atoms. The Hall–Kier alpha value is -1.88. The molecule has 5 nitrogen and oxygen atoms in total. The monoisotopic (exact) mass is 307 g/mol. The topological polar surface area (TPSA) is 64.6 Å². The Balaban J connectivity index is 2.23. The quantitative estimate of drug-likeness (QED) is 0.784. The molecule has 1 rings (SSSR count). The molecule has 5 heteroatoms. The van der Waals surface area contributed by atoms with Crippen molar-refractivity contribution >= 4 is 11.9 Å². The van der Waals surface area contributed by atoms with Crippen molar-refractivity contribution in [2.24, 2.45) is 0 Å². The van der Waals surface area contributed by atoms with E-state index in [4.69, 9.17) is 9.47 Å². The van der Waals surface area contributed by atoms with Crippen LogP contribution in [0.2, 0.25) is 0 Å². The maximum Gasteiger partial charge on any atom is 0.323 e. The Morgan fingerprint density at radius 1 is 1.18 bits per heavy atom. The van der Waals surface area contributed by atoms with E-state index in [1.165, 1.54) is 0 Å². The van der Waals surface area contributed by atoms with Crippen molar-refractivity contribution in [2.75, 3.05) is 6.54 Å². The van der Waals surface area contributed by atoms with Crippen molar-refractivity contribution in [3.8, 4) is 0 Å². The van der Waals surface area contributed by atoms with Gasteiger partial charge in [-0.3, -0.25) is 9.59 Å². The van der Waals surface area contributed by atoms with Gasteiger partial charge in [0.15, 0.2) is 0 Å². The molecule has 1 N–H and O–H groups in total. The molecule has 0 saturated heterocycles. The minimum absolute atomic E-state index is 0.216. The second-order valence-corrected chi connectivity index (χ2v) is 6.11. The predicted octanol–water partition coefficient (Wildman–Crippen LogP) is 2.44. The number of ether oxygens (including phenoxy) is 2. The molecule has 0 saturated carbocycles. The molecule has 0 aliphatic carbocycles. The van der Waals surface area contributed by atoms with Crippen LogP contribution in [0.15, 0.2) is 30.3 Å². The zero-order chi connectivity index (χ0) is 16.6. The molecule has 1 atom stereocenters. The van der Waals surface area contributed by atoms with Crippen molar-refractivity contribution in [1.29, 1.82) is 0 Å². The molecule has 0 aromatic heterocycles. The molecule has 0 amide bonds. The fraction of sp³-hybridized carbons (Fsp3) is 0.529. The highest BCUT2D eigenvalue weighted by Crippen LogP contribution is 2.08. The van der Waals surface area contributed by atoms with E-state index in [9.17, 15) is 9.59 Å². The standard InChI is InChI=1S/C17H25NO4/c1-13(18-11-10-15(19)22-17(2,3)4)16(20)21-12-14-8-6-5-7-9-14/h5-9,13,18H,10-12H2,1-4H3. The molecule has 122 valence electrons. The van der Waals surface area contributed by atoms with Gasteiger partial charge in [0, 0.05) is 6.54 Å². The van der Waals surface area contributed by atoms with E-state index in [1.807, 2.05) is 51.1 Å². The van der Waals surface area contributed by atoms with Gasteiger partial charge in [0.25, 0.3) is 0 Å². The summed E-state index contributed by atoms with van der Waals surface area (Å²) in [5.41, 5.74) is 0.453. The molecule has 0 radical (unpaired) electrons. The summed E-state index contributed by atoms with van der Waals surface area (Å²) >= 11 is 0. The van der Waals surface area contributed by atoms with Crippen molar-refractivity contribution < 1.29 is 19.1 Å². The van der Waals surface area contributed by atoms with E-state index in [2.05, 4.69) is 5.32 Å². The largest absolute Gasteiger partial charge is 0.460 e. The van der Waals surface area contributed by atoms with Crippen LogP contribution in [0.1, 0.15) is 39.7 Å². The van der Waals surface area contributed by atoms with Crippen LogP contribution in [-0.4, -0.2) is 30.1 Å². The van der Waals surface area contributed by atoms with Crippen molar-refractivity contribution in [3.63, 3.8) is 0 Å². The lowest BCUT2D eigenvalue weighted by atomic mass is 10.2. The highest BCUT2D eigenvalue weighted by atomic mass is 16.6. The van der Waals surface area contributed by atoms with E-state index < -0.39 is 11.6 Å². The molecule has 22 heavy (non-hydrogen) atoms. The lowest BCUT2D eigenvalue weighted by molar-refractivity contribution is -0.155. The highest BCUT2D eigenvalue weighted by Gasteiger charge is 2.17. The molecule has 0 bridgehead atoms. The fourth-order valence-electron chi connectivity index (χ4n) is 1.72. The number of carbonyl (C=O) groups excluding carboxylic acids is 2. The molecule has 0 heterocycles. The lowest BCUT2D eigenvalue weighted by Crippen LogP contribution is -2.37. The zero-order valence-electron chi connectivity index (χ0n) is 13.7. The molecule has 1 aromatic rings. The van der Waals surface area contributed by atoms with Crippen molar-refractivity contribution in [2.45, 2.75) is 52.4 Å². The molecular formula is C17H25NO4. The third-order valence-electron chi connectivity index (χ3n) is 2.78. The smallest absolute Gasteiger partial charge is 0.323 e. The third-order valence-corrected chi connectivity index (χ3v) is 2.78. The van der Waals surface area contributed by atoms with Crippen molar-refractivity contribution in [1.82, 2.24) is 5.32 Å². The fourth-order valence-corrected chi connectivity index (χ4v) is 1.72. The molecule has 1 aromatic carbocycles. The zero-order valence-corrected chi connectivity index (χ0v) is 13.7. The first-order valence-electron chi connectivity index (χ1n) is 7.44. The number of hydrogen-bond acceptors (Lipinski definition) is 5. The summed E-state index contributed by atoms with van der Waals surface area (Å²) in [4.78, 5) is 23.4. The summed E-state index contributed by atoms with van der Waals surface area (Å²) in [7, 11) is 0. The van der Waals surface area contributed by atoms with E-state index in [0.717, 1.165) is 5.56 Å². The first kappa shape index (κ1) is 18.2. The third kappa shape index (κ3) is 7.78. The molecular weight excluding hydrogens is 282 g/mol. The second-order valence-electron chi connectivity index (χ2n) is 6.11. The van der Waals surface area contributed by atoms with Crippen LogP contribution in [0, 0.1) is 0 Å². The van der Waals surface area contributed by atoms with Gasteiger partial charge in [-0.25, -0.2) is 0 Å². The van der Waals surface area contributed by atoms with Gasteiger partial charge in [-0.2, -0.15) is 0 Å². The SMILES string of the molecule is CC(NCCC(=O)OC(C)(C)C)C(=O)OCc1ccccc1. The first-order chi connectivity index (χ1) is 10.3. The van der Waals surface area contributed by atoms with Crippen molar-refractivity contribution in [3.05, 3.63) is 35.9 Å². The first-order valence-corrected chi connectivity index (χ1v) is 7.44.